The summed E-state index contributed by atoms with van der Waals surface area (Å²) in [5.41, 5.74) is 2.23. The van der Waals surface area contributed by atoms with Gasteiger partial charge >= 0.3 is 0 Å². The van der Waals surface area contributed by atoms with E-state index in [4.69, 9.17) is 9.15 Å². The summed E-state index contributed by atoms with van der Waals surface area (Å²) >= 11 is 1.72. The fourth-order valence-electron chi connectivity index (χ4n) is 2.05. The Bertz CT molecular complexity index is 625. The highest BCUT2D eigenvalue weighted by Gasteiger charge is 2.15. The number of ether oxygens (including phenoxy) is 1. The van der Waals surface area contributed by atoms with E-state index in [0.717, 1.165) is 34.1 Å². The number of carbonyl (C=O) groups is 1. The van der Waals surface area contributed by atoms with Gasteiger partial charge in [0, 0.05) is 12.3 Å². The highest BCUT2D eigenvalue weighted by Crippen LogP contribution is 2.21. The lowest BCUT2D eigenvalue weighted by molar-refractivity contribution is -0.127. The average molecular weight is 333 g/mol. The number of hydrogen-bond donors (Lipinski definition) is 1. The van der Waals surface area contributed by atoms with Crippen molar-refractivity contribution in [1.29, 1.82) is 0 Å². The molecule has 0 radical (unpaired) electrons. The maximum Gasteiger partial charge on any atom is 0.260 e. The number of nitrogens with one attached hydrogen (secondary N) is 1. The quantitative estimate of drug-likeness (QED) is 0.748. The van der Waals surface area contributed by atoms with E-state index in [1.54, 1.807) is 24.9 Å². The highest BCUT2D eigenvalue weighted by molar-refractivity contribution is 7.98. The Labute approximate surface area is 141 Å². The van der Waals surface area contributed by atoms with E-state index in [-0.39, 0.29) is 5.91 Å². The molecule has 5 heteroatoms. The van der Waals surface area contributed by atoms with Gasteiger partial charge in [-0.1, -0.05) is 12.1 Å². The summed E-state index contributed by atoms with van der Waals surface area (Å²) in [6.07, 6.45) is 1.16. The maximum absolute atomic E-state index is 12.1. The molecule has 1 N–H and O–H groups in total. The molecule has 0 unspecified atom stereocenters. The van der Waals surface area contributed by atoms with E-state index >= 15 is 0 Å². The predicted octanol–water partition coefficient (Wildman–Crippen LogP) is 3.71. The van der Waals surface area contributed by atoms with Crippen LogP contribution < -0.4 is 10.1 Å². The molecule has 0 aliphatic rings. The molecule has 2 rings (SSSR count). The smallest absolute Gasteiger partial charge is 0.260 e. The van der Waals surface area contributed by atoms with Crippen LogP contribution in [0.5, 0.6) is 5.75 Å². The van der Waals surface area contributed by atoms with Crippen LogP contribution >= 0.6 is 11.8 Å². The molecule has 1 amide bonds. The summed E-state index contributed by atoms with van der Waals surface area (Å²) in [4.78, 5) is 12.1. The minimum atomic E-state index is -0.509. The van der Waals surface area contributed by atoms with Crippen molar-refractivity contribution in [2.75, 3.05) is 12.3 Å². The molecule has 1 atom stereocenters. The Morgan fingerprint density at radius 1 is 1.30 bits per heavy atom. The summed E-state index contributed by atoms with van der Waals surface area (Å²) in [5.74, 6) is 3.28. The third kappa shape index (κ3) is 5.36. The molecule has 0 spiro atoms. The van der Waals surface area contributed by atoms with Crippen molar-refractivity contribution in [3.05, 3.63) is 53.5 Å². The summed E-state index contributed by atoms with van der Waals surface area (Å²) in [5, 5.41) is 2.90. The first-order valence-electron chi connectivity index (χ1n) is 7.68. The van der Waals surface area contributed by atoms with Gasteiger partial charge in [-0.3, -0.25) is 4.79 Å². The molecule has 0 fully saturated rings. The van der Waals surface area contributed by atoms with Crippen molar-refractivity contribution in [2.24, 2.45) is 0 Å². The molecule has 0 aliphatic heterocycles. The Balaban J connectivity index is 1.69. The van der Waals surface area contributed by atoms with Crippen LogP contribution in [-0.4, -0.2) is 24.3 Å². The van der Waals surface area contributed by atoms with Gasteiger partial charge in [-0.2, -0.15) is 11.8 Å². The number of benzene rings is 1. The van der Waals surface area contributed by atoms with Crippen LogP contribution in [0.1, 0.15) is 23.8 Å². The van der Waals surface area contributed by atoms with Crippen LogP contribution in [0.15, 0.2) is 41.0 Å². The predicted molar refractivity (Wildman–Crippen MR) is 93.9 cm³/mol. The topological polar surface area (TPSA) is 51.5 Å². The van der Waals surface area contributed by atoms with Crippen molar-refractivity contribution >= 4 is 17.7 Å². The fourth-order valence-corrected chi connectivity index (χ4v) is 2.81. The zero-order valence-electron chi connectivity index (χ0n) is 13.8. The van der Waals surface area contributed by atoms with E-state index < -0.39 is 6.10 Å². The van der Waals surface area contributed by atoms with Gasteiger partial charge in [0.05, 0.1) is 12.0 Å². The molecule has 1 heterocycles. The average Bonchev–Trinajstić information content (AvgIpc) is 3.04. The normalized spacial score (nSPS) is 12.0. The van der Waals surface area contributed by atoms with E-state index in [1.165, 1.54) is 0 Å². The van der Waals surface area contributed by atoms with Crippen LogP contribution in [0.3, 0.4) is 0 Å². The molecule has 0 saturated carbocycles. The Hall–Kier alpha value is -1.88. The fraction of sp³-hybridized carbons (Fsp3) is 0.389. The van der Waals surface area contributed by atoms with Crippen molar-refractivity contribution in [1.82, 2.24) is 5.32 Å². The van der Waals surface area contributed by atoms with Crippen LogP contribution in [0.25, 0.3) is 0 Å². The van der Waals surface area contributed by atoms with E-state index in [2.05, 4.69) is 5.32 Å². The zero-order chi connectivity index (χ0) is 16.7. The number of furan rings is 1. The SMILES string of the molecule is Cc1cccc(O[C@@H](C)C(=O)NCCSCc2ccco2)c1C. The minimum Gasteiger partial charge on any atom is -0.481 e. The van der Waals surface area contributed by atoms with Crippen LogP contribution in [0, 0.1) is 13.8 Å². The molecule has 1 aromatic heterocycles. The number of aryl methyl sites for hydroxylation is 1. The van der Waals surface area contributed by atoms with Gasteiger partial charge in [0.2, 0.25) is 0 Å². The Kier molecular flexibility index (Phi) is 6.59. The third-order valence-corrected chi connectivity index (χ3v) is 4.58. The second-order valence-corrected chi connectivity index (χ2v) is 6.49. The summed E-state index contributed by atoms with van der Waals surface area (Å²) < 4.78 is 11.0. The van der Waals surface area contributed by atoms with E-state index in [9.17, 15) is 4.79 Å². The van der Waals surface area contributed by atoms with E-state index in [0.29, 0.717) is 6.54 Å². The Morgan fingerprint density at radius 3 is 2.87 bits per heavy atom. The van der Waals surface area contributed by atoms with Crippen LogP contribution in [0.2, 0.25) is 0 Å². The van der Waals surface area contributed by atoms with Crippen molar-refractivity contribution in [3.63, 3.8) is 0 Å². The van der Waals surface area contributed by atoms with Crippen molar-refractivity contribution in [2.45, 2.75) is 32.6 Å². The number of thioether (sulfide) groups is 1. The molecule has 0 bridgehead atoms. The van der Waals surface area contributed by atoms with Gasteiger partial charge in [0.1, 0.15) is 11.5 Å². The second kappa shape index (κ2) is 8.67. The van der Waals surface area contributed by atoms with Crippen LogP contribution in [0.4, 0.5) is 0 Å². The monoisotopic (exact) mass is 333 g/mol. The number of carbonyl (C=O) groups excluding carboxylic acids is 1. The highest BCUT2D eigenvalue weighted by atomic mass is 32.2. The van der Waals surface area contributed by atoms with Gasteiger partial charge in [-0.15, -0.1) is 0 Å². The van der Waals surface area contributed by atoms with Gasteiger partial charge < -0.3 is 14.5 Å². The number of amides is 1. The van der Waals surface area contributed by atoms with Crippen LogP contribution in [-0.2, 0) is 10.5 Å². The zero-order valence-corrected chi connectivity index (χ0v) is 14.6. The van der Waals surface area contributed by atoms with Gasteiger partial charge in [-0.05, 0) is 50.1 Å². The summed E-state index contributed by atoms with van der Waals surface area (Å²) in [7, 11) is 0. The number of hydrogen-bond acceptors (Lipinski definition) is 4. The lowest BCUT2D eigenvalue weighted by Crippen LogP contribution is -2.37. The molecule has 2 aromatic rings. The lowest BCUT2D eigenvalue weighted by atomic mass is 10.1. The lowest BCUT2D eigenvalue weighted by Gasteiger charge is -2.17. The number of rotatable bonds is 8. The first kappa shape index (κ1) is 17.5. The van der Waals surface area contributed by atoms with E-state index in [1.807, 2.05) is 44.2 Å². The van der Waals surface area contributed by atoms with Gasteiger partial charge in [0.25, 0.3) is 5.91 Å². The van der Waals surface area contributed by atoms with Gasteiger partial charge in [-0.25, -0.2) is 0 Å². The standard InChI is InChI=1S/C18H23NO3S/c1-13-6-4-8-17(14(13)2)22-15(3)18(20)19-9-11-23-12-16-7-5-10-21-16/h4-8,10,15H,9,11-12H2,1-3H3,(H,19,20)/t15-/m0/s1. The van der Waals surface area contributed by atoms with Gasteiger partial charge in [0.15, 0.2) is 6.10 Å². The molecule has 124 valence electrons. The van der Waals surface area contributed by atoms with Crippen molar-refractivity contribution < 1.29 is 13.9 Å². The minimum absolute atomic E-state index is 0.0931. The molecular weight excluding hydrogens is 310 g/mol. The molecular formula is C18H23NO3S. The first-order valence-corrected chi connectivity index (χ1v) is 8.84. The third-order valence-electron chi connectivity index (χ3n) is 3.60. The molecule has 1 aromatic carbocycles. The molecule has 0 saturated heterocycles. The van der Waals surface area contributed by atoms with Crippen molar-refractivity contribution in [3.8, 4) is 5.75 Å². The summed E-state index contributed by atoms with van der Waals surface area (Å²) in [6, 6.07) is 9.69. The Morgan fingerprint density at radius 2 is 2.13 bits per heavy atom. The first-order chi connectivity index (χ1) is 11.1. The molecule has 23 heavy (non-hydrogen) atoms. The molecule has 4 nitrogen and oxygen atoms in total. The maximum atomic E-state index is 12.1. The largest absolute Gasteiger partial charge is 0.481 e. The summed E-state index contributed by atoms with van der Waals surface area (Å²) in [6.45, 7) is 6.42. The molecule has 0 aliphatic carbocycles. The second-order valence-electron chi connectivity index (χ2n) is 5.38.